The van der Waals surface area contributed by atoms with Gasteiger partial charge < -0.3 is 16.0 Å². The fourth-order valence-corrected chi connectivity index (χ4v) is 2.18. The standard InChI is InChI=1S/C14H22N4O/c1-17-8-10-18(11-9-17)7-6-16-13-4-2-12(3-5-13)14(15)19/h2-5,16H,6-11H2,1H3,(H2,15,19). The van der Waals surface area contributed by atoms with Crippen molar-refractivity contribution in [2.24, 2.45) is 5.73 Å². The van der Waals surface area contributed by atoms with E-state index in [1.807, 2.05) is 12.1 Å². The number of benzene rings is 1. The molecule has 1 fully saturated rings. The summed E-state index contributed by atoms with van der Waals surface area (Å²) in [7, 11) is 2.16. The molecule has 0 saturated carbocycles. The van der Waals surface area contributed by atoms with E-state index in [0.29, 0.717) is 5.56 Å². The summed E-state index contributed by atoms with van der Waals surface area (Å²) in [6.45, 7) is 6.53. The summed E-state index contributed by atoms with van der Waals surface area (Å²) in [4.78, 5) is 15.8. The topological polar surface area (TPSA) is 61.6 Å². The predicted octanol–water partition coefficient (Wildman–Crippen LogP) is 0.445. The zero-order chi connectivity index (χ0) is 13.7. The Hall–Kier alpha value is -1.59. The monoisotopic (exact) mass is 262 g/mol. The summed E-state index contributed by atoms with van der Waals surface area (Å²) in [6, 6.07) is 7.29. The zero-order valence-electron chi connectivity index (χ0n) is 11.4. The van der Waals surface area contributed by atoms with Gasteiger partial charge in [-0.3, -0.25) is 9.69 Å². The highest BCUT2D eigenvalue weighted by molar-refractivity contribution is 5.93. The highest BCUT2D eigenvalue weighted by atomic mass is 16.1. The quantitative estimate of drug-likeness (QED) is 0.808. The van der Waals surface area contributed by atoms with Gasteiger partial charge in [-0.05, 0) is 31.3 Å². The minimum absolute atomic E-state index is 0.385. The van der Waals surface area contributed by atoms with E-state index in [4.69, 9.17) is 5.73 Å². The number of likely N-dealkylation sites (N-methyl/N-ethyl adjacent to an activating group) is 1. The third kappa shape index (κ3) is 4.22. The molecule has 0 atom stereocenters. The number of carbonyl (C=O) groups excluding carboxylic acids is 1. The average Bonchev–Trinajstić information content (AvgIpc) is 2.41. The van der Waals surface area contributed by atoms with Gasteiger partial charge in [0.15, 0.2) is 0 Å². The molecule has 1 aromatic rings. The molecule has 1 aromatic carbocycles. The van der Waals surface area contributed by atoms with Crippen molar-refractivity contribution in [2.45, 2.75) is 0 Å². The van der Waals surface area contributed by atoms with Crippen LogP contribution in [0.2, 0.25) is 0 Å². The molecule has 0 spiro atoms. The molecule has 104 valence electrons. The Kier molecular flexibility index (Phi) is 4.76. The number of carbonyl (C=O) groups is 1. The van der Waals surface area contributed by atoms with Gasteiger partial charge in [0.1, 0.15) is 0 Å². The number of amides is 1. The lowest BCUT2D eigenvalue weighted by Crippen LogP contribution is -2.45. The van der Waals surface area contributed by atoms with Crippen molar-refractivity contribution in [3.8, 4) is 0 Å². The zero-order valence-corrected chi connectivity index (χ0v) is 11.4. The van der Waals surface area contributed by atoms with Crippen molar-refractivity contribution >= 4 is 11.6 Å². The van der Waals surface area contributed by atoms with Crippen LogP contribution < -0.4 is 11.1 Å². The summed E-state index contributed by atoms with van der Waals surface area (Å²) in [5.41, 5.74) is 6.78. The van der Waals surface area contributed by atoms with E-state index in [1.54, 1.807) is 12.1 Å². The average molecular weight is 262 g/mol. The normalized spacial score (nSPS) is 17.3. The Morgan fingerprint density at radius 2 is 1.84 bits per heavy atom. The lowest BCUT2D eigenvalue weighted by atomic mass is 10.2. The summed E-state index contributed by atoms with van der Waals surface area (Å²) in [5.74, 6) is -0.385. The third-order valence-electron chi connectivity index (χ3n) is 3.52. The molecule has 1 heterocycles. The van der Waals surface area contributed by atoms with E-state index in [0.717, 1.165) is 45.0 Å². The van der Waals surface area contributed by atoms with Crippen LogP contribution >= 0.6 is 0 Å². The highest BCUT2D eigenvalue weighted by Crippen LogP contribution is 2.09. The largest absolute Gasteiger partial charge is 0.384 e. The fourth-order valence-electron chi connectivity index (χ4n) is 2.18. The molecule has 3 N–H and O–H groups in total. The summed E-state index contributed by atoms with van der Waals surface area (Å²) < 4.78 is 0. The summed E-state index contributed by atoms with van der Waals surface area (Å²) in [6.07, 6.45) is 0. The number of nitrogens with zero attached hydrogens (tertiary/aromatic N) is 2. The van der Waals surface area contributed by atoms with Gasteiger partial charge in [-0.15, -0.1) is 0 Å². The second kappa shape index (κ2) is 6.54. The molecule has 0 aromatic heterocycles. The molecule has 0 radical (unpaired) electrons. The van der Waals surface area contributed by atoms with Gasteiger partial charge in [-0.25, -0.2) is 0 Å². The lowest BCUT2D eigenvalue weighted by molar-refractivity contribution is 0.100. The SMILES string of the molecule is CN1CCN(CCNc2ccc(C(N)=O)cc2)CC1. The van der Waals surface area contributed by atoms with Crippen LogP contribution in [0.3, 0.4) is 0 Å². The number of nitrogens with two attached hydrogens (primary N) is 1. The Morgan fingerprint density at radius 3 is 2.42 bits per heavy atom. The van der Waals surface area contributed by atoms with Crippen molar-refractivity contribution in [1.82, 2.24) is 9.80 Å². The van der Waals surface area contributed by atoms with E-state index in [1.165, 1.54) is 0 Å². The number of hydrogen-bond acceptors (Lipinski definition) is 4. The maximum atomic E-state index is 11.0. The smallest absolute Gasteiger partial charge is 0.248 e. The van der Waals surface area contributed by atoms with Crippen molar-refractivity contribution in [1.29, 1.82) is 0 Å². The van der Waals surface area contributed by atoms with Crippen molar-refractivity contribution in [3.05, 3.63) is 29.8 Å². The van der Waals surface area contributed by atoms with Gasteiger partial charge in [0, 0.05) is 50.5 Å². The van der Waals surface area contributed by atoms with Crippen LogP contribution in [-0.4, -0.2) is 62.0 Å². The van der Waals surface area contributed by atoms with Crippen LogP contribution in [0, 0.1) is 0 Å². The number of anilines is 1. The Morgan fingerprint density at radius 1 is 1.21 bits per heavy atom. The third-order valence-corrected chi connectivity index (χ3v) is 3.52. The first-order valence-electron chi connectivity index (χ1n) is 6.70. The van der Waals surface area contributed by atoms with Crippen LogP contribution in [0.15, 0.2) is 24.3 Å². The molecule has 1 amide bonds. The minimum atomic E-state index is -0.385. The Labute approximate surface area is 114 Å². The molecule has 1 saturated heterocycles. The predicted molar refractivity (Wildman–Crippen MR) is 77.4 cm³/mol. The van der Waals surface area contributed by atoms with Crippen molar-refractivity contribution in [2.75, 3.05) is 51.6 Å². The molecular formula is C14H22N4O. The molecule has 2 rings (SSSR count). The van der Waals surface area contributed by atoms with Crippen LogP contribution in [0.4, 0.5) is 5.69 Å². The molecule has 1 aliphatic heterocycles. The molecule has 0 unspecified atom stereocenters. The van der Waals surface area contributed by atoms with E-state index >= 15 is 0 Å². The molecule has 0 aliphatic carbocycles. The molecule has 19 heavy (non-hydrogen) atoms. The molecule has 1 aliphatic rings. The molecule has 5 heteroatoms. The van der Waals surface area contributed by atoms with Crippen LogP contribution in [0.1, 0.15) is 10.4 Å². The van der Waals surface area contributed by atoms with Crippen LogP contribution in [0.5, 0.6) is 0 Å². The fraction of sp³-hybridized carbons (Fsp3) is 0.500. The lowest BCUT2D eigenvalue weighted by Gasteiger charge is -2.32. The summed E-state index contributed by atoms with van der Waals surface area (Å²) in [5, 5.41) is 3.36. The summed E-state index contributed by atoms with van der Waals surface area (Å²) >= 11 is 0. The first-order valence-corrected chi connectivity index (χ1v) is 6.70. The molecular weight excluding hydrogens is 240 g/mol. The number of nitrogens with one attached hydrogen (secondary N) is 1. The van der Waals surface area contributed by atoms with E-state index in [2.05, 4.69) is 22.2 Å². The second-order valence-corrected chi connectivity index (χ2v) is 5.01. The van der Waals surface area contributed by atoms with Crippen molar-refractivity contribution < 1.29 is 4.79 Å². The molecule has 5 nitrogen and oxygen atoms in total. The minimum Gasteiger partial charge on any atom is -0.384 e. The van der Waals surface area contributed by atoms with Gasteiger partial charge in [-0.2, -0.15) is 0 Å². The van der Waals surface area contributed by atoms with Crippen molar-refractivity contribution in [3.63, 3.8) is 0 Å². The maximum Gasteiger partial charge on any atom is 0.248 e. The molecule has 0 bridgehead atoms. The Balaban J connectivity index is 1.72. The maximum absolute atomic E-state index is 11.0. The van der Waals surface area contributed by atoms with Crippen LogP contribution in [-0.2, 0) is 0 Å². The number of piperazine rings is 1. The first-order chi connectivity index (χ1) is 9.15. The van der Waals surface area contributed by atoms with E-state index < -0.39 is 0 Å². The van der Waals surface area contributed by atoms with Gasteiger partial charge in [0.25, 0.3) is 0 Å². The van der Waals surface area contributed by atoms with Gasteiger partial charge in [0.05, 0.1) is 0 Å². The first kappa shape index (κ1) is 13.8. The van der Waals surface area contributed by atoms with E-state index in [9.17, 15) is 4.79 Å². The highest BCUT2D eigenvalue weighted by Gasteiger charge is 2.12. The second-order valence-electron chi connectivity index (χ2n) is 5.01. The van der Waals surface area contributed by atoms with Gasteiger partial charge in [-0.1, -0.05) is 0 Å². The number of primary amides is 1. The Bertz CT molecular complexity index is 410. The number of hydrogen-bond donors (Lipinski definition) is 2. The number of rotatable bonds is 5. The van der Waals surface area contributed by atoms with Crippen LogP contribution in [0.25, 0.3) is 0 Å². The van der Waals surface area contributed by atoms with E-state index in [-0.39, 0.29) is 5.91 Å². The van der Waals surface area contributed by atoms with Gasteiger partial charge in [0.2, 0.25) is 5.91 Å². The van der Waals surface area contributed by atoms with Gasteiger partial charge >= 0.3 is 0 Å².